The van der Waals surface area contributed by atoms with Crippen LogP contribution in [0.25, 0.3) is 0 Å². The fourth-order valence-electron chi connectivity index (χ4n) is 2.55. The summed E-state index contributed by atoms with van der Waals surface area (Å²) in [6.45, 7) is 5.18. The lowest BCUT2D eigenvalue weighted by Crippen LogP contribution is -2.31. The first-order valence-corrected chi connectivity index (χ1v) is 7.90. The van der Waals surface area contributed by atoms with E-state index in [1.807, 2.05) is 0 Å². The number of alkyl halides is 1. The average molecular weight is 304 g/mol. The van der Waals surface area contributed by atoms with E-state index in [1.54, 1.807) is 0 Å². The van der Waals surface area contributed by atoms with Crippen LogP contribution in [0.2, 0.25) is 0 Å². The minimum absolute atomic E-state index is 0.241. The van der Waals surface area contributed by atoms with Crippen molar-refractivity contribution in [3.63, 3.8) is 0 Å². The van der Waals surface area contributed by atoms with Crippen LogP contribution in [0.5, 0.6) is 0 Å². The van der Waals surface area contributed by atoms with Crippen molar-refractivity contribution in [2.45, 2.75) is 63.6 Å². The molecule has 1 amide bonds. The number of carbonyl (C=O) groups excluding carboxylic acids is 1. The SMILES string of the molecule is CC(C)CC(Br)CNC(=O)CC1CCCCC1. The molecule has 1 atom stereocenters. The first kappa shape index (κ1) is 15.0. The maximum Gasteiger partial charge on any atom is 0.220 e. The van der Waals surface area contributed by atoms with Crippen molar-refractivity contribution >= 4 is 21.8 Å². The van der Waals surface area contributed by atoms with Gasteiger partial charge >= 0.3 is 0 Å². The molecule has 17 heavy (non-hydrogen) atoms. The Morgan fingerprint density at radius 3 is 2.53 bits per heavy atom. The predicted molar refractivity (Wildman–Crippen MR) is 76.4 cm³/mol. The molecule has 1 saturated carbocycles. The van der Waals surface area contributed by atoms with Crippen LogP contribution < -0.4 is 5.32 Å². The highest BCUT2D eigenvalue weighted by Gasteiger charge is 2.17. The standard InChI is InChI=1S/C14H26BrNO/c1-11(2)8-13(15)10-16-14(17)9-12-6-4-3-5-7-12/h11-13H,3-10H2,1-2H3,(H,16,17). The van der Waals surface area contributed by atoms with E-state index in [0.717, 1.165) is 19.4 Å². The van der Waals surface area contributed by atoms with Crippen molar-refractivity contribution in [1.82, 2.24) is 5.32 Å². The molecule has 1 aliphatic carbocycles. The largest absolute Gasteiger partial charge is 0.355 e. The van der Waals surface area contributed by atoms with Crippen LogP contribution in [-0.2, 0) is 4.79 Å². The zero-order chi connectivity index (χ0) is 12.7. The summed E-state index contributed by atoms with van der Waals surface area (Å²) in [4.78, 5) is 12.2. The summed E-state index contributed by atoms with van der Waals surface area (Å²) in [7, 11) is 0. The summed E-state index contributed by atoms with van der Waals surface area (Å²) >= 11 is 3.62. The van der Waals surface area contributed by atoms with E-state index in [-0.39, 0.29) is 5.91 Å². The van der Waals surface area contributed by atoms with Gasteiger partial charge < -0.3 is 5.32 Å². The molecule has 1 fully saturated rings. The molecule has 0 aromatic rings. The monoisotopic (exact) mass is 303 g/mol. The molecule has 0 saturated heterocycles. The van der Waals surface area contributed by atoms with Gasteiger partial charge in [0.1, 0.15) is 0 Å². The second-order valence-electron chi connectivity index (χ2n) is 5.74. The molecule has 0 heterocycles. The van der Waals surface area contributed by atoms with Gasteiger partial charge in [-0.05, 0) is 31.1 Å². The van der Waals surface area contributed by atoms with E-state index in [9.17, 15) is 4.79 Å². The normalized spacial score (nSPS) is 19.3. The van der Waals surface area contributed by atoms with Gasteiger partial charge in [0, 0.05) is 17.8 Å². The Morgan fingerprint density at radius 2 is 1.94 bits per heavy atom. The van der Waals surface area contributed by atoms with E-state index in [1.165, 1.54) is 32.1 Å². The van der Waals surface area contributed by atoms with Crippen LogP contribution in [0.4, 0.5) is 0 Å². The first-order valence-electron chi connectivity index (χ1n) is 6.98. The van der Waals surface area contributed by atoms with Crippen LogP contribution in [0.1, 0.15) is 58.8 Å². The van der Waals surface area contributed by atoms with E-state index >= 15 is 0 Å². The van der Waals surface area contributed by atoms with E-state index in [0.29, 0.717) is 16.7 Å². The Labute approximate surface area is 114 Å². The molecule has 1 N–H and O–H groups in total. The Morgan fingerprint density at radius 1 is 1.29 bits per heavy atom. The molecule has 0 aromatic carbocycles. The van der Waals surface area contributed by atoms with Gasteiger partial charge in [-0.25, -0.2) is 0 Å². The Kier molecular flexibility index (Phi) is 7.17. The molecule has 0 bridgehead atoms. The number of hydrogen-bond donors (Lipinski definition) is 1. The van der Waals surface area contributed by atoms with Crippen LogP contribution in [0.15, 0.2) is 0 Å². The summed E-state index contributed by atoms with van der Waals surface area (Å²) in [5.74, 6) is 1.56. The summed E-state index contributed by atoms with van der Waals surface area (Å²) in [5, 5.41) is 3.05. The summed E-state index contributed by atoms with van der Waals surface area (Å²) < 4.78 is 0. The van der Waals surface area contributed by atoms with E-state index in [4.69, 9.17) is 0 Å². The summed E-state index contributed by atoms with van der Waals surface area (Å²) in [6.07, 6.45) is 8.33. The molecule has 0 aromatic heterocycles. The van der Waals surface area contributed by atoms with Gasteiger partial charge in [-0.15, -0.1) is 0 Å². The van der Waals surface area contributed by atoms with Gasteiger partial charge in [0.2, 0.25) is 5.91 Å². The first-order chi connectivity index (χ1) is 8.08. The molecular formula is C14H26BrNO. The highest BCUT2D eigenvalue weighted by Crippen LogP contribution is 2.26. The number of rotatable bonds is 6. The van der Waals surface area contributed by atoms with Crippen LogP contribution in [0, 0.1) is 11.8 Å². The molecule has 100 valence electrons. The molecule has 2 nitrogen and oxygen atoms in total. The quantitative estimate of drug-likeness (QED) is 0.741. The zero-order valence-electron chi connectivity index (χ0n) is 11.2. The predicted octanol–water partition coefficient (Wildman–Crippen LogP) is 3.88. The highest BCUT2D eigenvalue weighted by molar-refractivity contribution is 9.09. The second kappa shape index (κ2) is 8.12. The Bertz CT molecular complexity index is 224. The molecule has 3 heteroatoms. The molecule has 0 spiro atoms. The summed E-state index contributed by atoms with van der Waals surface area (Å²) in [5.41, 5.74) is 0. The average Bonchev–Trinajstić information content (AvgIpc) is 2.27. The maximum absolute atomic E-state index is 11.8. The van der Waals surface area contributed by atoms with Gasteiger partial charge in [0.15, 0.2) is 0 Å². The minimum Gasteiger partial charge on any atom is -0.355 e. The lowest BCUT2D eigenvalue weighted by molar-refractivity contribution is -0.122. The minimum atomic E-state index is 0.241. The number of nitrogens with one attached hydrogen (secondary N) is 1. The number of amides is 1. The lowest BCUT2D eigenvalue weighted by Gasteiger charge is -2.21. The molecule has 0 aliphatic heterocycles. The second-order valence-corrected chi connectivity index (χ2v) is 7.03. The van der Waals surface area contributed by atoms with Gasteiger partial charge in [-0.2, -0.15) is 0 Å². The number of hydrogen-bond acceptors (Lipinski definition) is 1. The third-order valence-corrected chi connectivity index (χ3v) is 4.14. The smallest absolute Gasteiger partial charge is 0.220 e. The van der Waals surface area contributed by atoms with Crippen molar-refractivity contribution in [2.75, 3.05) is 6.54 Å². The van der Waals surface area contributed by atoms with Crippen molar-refractivity contribution in [3.8, 4) is 0 Å². The Hall–Kier alpha value is -0.0500. The van der Waals surface area contributed by atoms with Crippen molar-refractivity contribution < 1.29 is 4.79 Å². The van der Waals surface area contributed by atoms with Crippen molar-refractivity contribution in [1.29, 1.82) is 0 Å². The summed E-state index contributed by atoms with van der Waals surface area (Å²) in [6, 6.07) is 0. The van der Waals surface area contributed by atoms with Crippen LogP contribution in [-0.4, -0.2) is 17.3 Å². The highest BCUT2D eigenvalue weighted by atomic mass is 79.9. The topological polar surface area (TPSA) is 29.1 Å². The van der Waals surface area contributed by atoms with Crippen molar-refractivity contribution in [3.05, 3.63) is 0 Å². The molecule has 0 radical (unpaired) electrons. The van der Waals surface area contributed by atoms with Crippen LogP contribution in [0.3, 0.4) is 0 Å². The third-order valence-electron chi connectivity index (χ3n) is 3.45. The molecule has 1 rings (SSSR count). The maximum atomic E-state index is 11.8. The number of carbonyl (C=O) groups is 1. The van der Waals surface area contributed by atoms with Crippen LogP contribution >= 0.6 is 15.9 Å². The zero-order valence-corrected chi connectivity index (χ0v) is 12.8. The number of halogens is 1. The Balaban J connectivity index is 2.11. The van der Waals surface area contributed by atoms with E-state index < -0.39 is 0 Å². The third kappa shape index (κ3) is 7.07. The van der Waals surface area contributed by atoms with Crippen molar-refractivity contribution in [2.24, 2.45) is 11.8 Å². The molecule has 1 unspecified atom stereocenters. The fourth-order valence-corrected chi connectivity index (χ4v) is 3.45. The lowest BCUT2D eigenvalue weighted by atomic mass is 9.87. The molecule has 1 aliphatic rings. The van der Waals surface area contributed by atoms with E-state index in [2.05, 4.69) is 35.1 Å². The van der Waals surface area contributed by atoms with Gasteiger partial charge in [0.25, 0.3) is 0 Å². The fraction of sp³-hybridized carbons (Fsp3) is 0.929. The van der Waals surface area contributed by atoms with Gasteiger partial charge in [-0.3, -0.25) is 4.79 Å². The van der Waals surface area contributed by atoms with Gasteiger partial charge in [-0.1, -0.05) is 49.0 Å². The molecular weight excluding hydrogens is 278 g/mol. The van der Waals surface area contributed by atoms with Gasteiger partial charge in [0.05, 0.1) is 0 Å².